The molecule has 0 unspecified atom stereocenters. The Hall–Kier alpha value is -0.0900. The van der Waals surface area contributed by atoms with Gasteiger partial charge in [-0.05, 0) is 31.6 Å². The van der Waals surface area contributed by atoms with Crippen molar-refractivity contribution in [3.8, 4) is 0 Å². The smallest absolute Gasteiger partial charge is 0.151 e. The number of hydrogen-bond donors (Lipinski definition) is 1. The molecular weight excluding hydrogens is 210 g/mol. The van der Waals surface area contributed by atoms with E-state index < -0.39 is 9.84 Å². The highest BCUT2D eigenvalue weighted by atomic mass is 32.2. The summed E-state index contributed by atoms with van der Waals surface area (Å²) in [5, 5.41) is 3.35. The third-order valence-corrected chi connectivity index (χ3v) is 5.01. The highest BCUT2D eigenvalue weighted by Crippen LogP contribution is 2.23. The van der Waals surface area contributed by atoms with Crippen molar-refractivity contribution in [3.05, 3.63) is 0 Å². The van der Waals surface area contributed by atoms with Crippen molar-refractivity contribution in [2.24, 2.45) is 5.92 Å². The molecule has 0 heterocycles. The molecule has 1 aliphatic carbocycles. The fourth-order valence-corrected chi connectivity index (χ4v) is 2.74. The molecule has 1 saturated carbocycles. The van der Waals surface area contributed by atoms with Crippen LogP contribution in [0.1, 0.15) is 39.5 Å². The summed E-state index contributed by atoms with van der Waals surface area (Å²) in [7, 11) is -2.79. The third kappa shape index (κ3) is 4.98. The minimum absolute atomic E-state index is 0.260. The fraction of sp³-hybridized carbons (Fsp3) is 1.00. The molecule has 0 amide bonds. The standard InChI is InChI=1S/C11H23NO2S/c1-3-15(13,14)9-8-12-11-6-4-10(2)5-7-11/h10-12H,3-9H2,1-2H3. The maximum Gasteiger partial charge on any atom is 0.151 e. The molecular formula is C11H23NO2S. The molecule has 4 heteroatoms. The molecule has 0 atom stereocenters. The Kier molecular flexibility index (Phi) is 5.06. The Balaban J connectivity index is 2.16. The predicted molar refractivity (Wildman–Crippen MR) is 63.8 cm³/mol. The summed E-state index contributed by atoms with van der Waals surface area (Å²) in [4.78, 5) is 0. The van der Waals surface area contributed by atoms with Crippen molar-refractivity contribution in [3.63, 3.8) is 0 Å². The lowest BCUT2D eigenvalue weighted by Gasteiger charge is -2.26. The SMILES string of the molecule is CCS(=O)(=O)CCNC1CCC(C)CC1. The number of rotatable bonds is 5. The zero-order valence-electron chi connectivity index (χ0n) is 9.83. The predicted octanol–water partition coefficient (Wildman–Crippen LogP) is 1.59. The molecule has 1 N–H and O–H groups in total. The van der Waals surface area contributed by atoms with Crippen LogP contribution in [0.2, 0.25) is 0 Å². The highest BCUT2D eigenvalue weighted by molar-refractivity contribution is 7.91. The van der Waals surface area contributed by atoms with Crippen LogP contribution in [0.25, 0.3) is 0 Å². The summed E-state index contributed by atoms with van der Waals surface area (Å²) < 4.78 is 22.5. The van der Waals surface area contributed by atoms with Crippen molar-refractivity contribution in [1.82, 2.24) is 5.32 Å². The topological polar surface area (TPSA) is 46.2 Å². The van der Waals surface area contributed by atoms with Crippen LogP contribution >= 0.6 is 0 Å². The Morgan fingerprint density at radius 2 is 1.80 bits per heavy atom. The number of hydrogen-bond acceptors (Lipinski definition) is 3. The molecule has 1 fully saturated rings. The van der Waals surface area contributed by atoms with E-state index in [2.05, 4.69) is 12.2 Å². The minimum atomic E-state index is -2.79. The first-order chi connectivity index (χ1) is 7.03. The summed E-state index contributed by atoms with van der Waals surface area (Å²) in [6.07, 6.45) is 4.96. The summed E-state index contributed by atoms with van der Waals surface area (Å²) in [6.45, 7) is 4.62. The summed E-state index contributed by atoms with van der Waals surface area (Å²) in [6, 6.07) is 0.549. The average molecular weight is 233 g/mol. The van der Waals surface area contributed by atoms with E-state index in [1.807, 2.05) is 0 Å². The van der Waals surface area contributed by atoms with Gasteiger partial charge in [-0.2, -0.15) is 0 Å². The molecule has 90 valence electrons. The quantitative estimate of drug-likeness (QED) is 0.784. The Bertz CT molecular complexity index is 266. The molecule has 0 aliphatic heterocycles. The molecule has 0 bridgehead atoms. The lowest BCUT2D eigenvalue weighted by atomic mass is 9.87. The van der Waals surface area contributed by atoms with Crippen molar-refractivity contribution >= 4 is 9.84 Å². The lowest BCUT2D eigenvalue weighted by molar-refractivity contribution is 0.311. The van der Waals surface area contributed by atoms with Gasteiger partial charge in [0.2, 0.25) is 0 Å². The van der Waals surface area contributed by atoms with Gasteiger partial charge in [0.05, 0.1) is 5.75 Å². The molecule has 0 radical (unpaired) electrons. The van der Waals surface area contributed by atoms with Gasteiger partial charge >= 0.3 is 0 Å². The summed E-state index contributed by atoms with van der Waals surface area (Å²) in [5.41, 5.74) is 0. The largest absolute Gasteiger partial charge is 0.313 e. The van der Waals surface area contributed by atoms with E-state index >= 15 is 0 Å². The van der Waals surface area contributed by atoms with Gasteiger partial charge in [0.25, 0.3) is 0 Å². The molecule has 0 spiro atoms. The van der Waals surface area contributed by atoms with E-state index in [1.165, 1.54) is 25.7 Å². The molecule has 3 nitrogen and oxygen atoms in total. The first-order valence-corrected chi connectivity index (χ1v) is 7.79. The maximum absolute atomic E-state index is 11.3. The zero-order chi connectivity index (χ0) is 11.3. The van der Waals surface area contributed by atoms with Gasteiger partial charge in [-0.25, -0.2) is 8.42 Å². The Morgan fingerprint density at radius 3 is 2.33 bits per heavy atom. The maximum atomic E-state index is 11.3. The van der Waals surface area contributed by atoms with Gasteiger partial charge in [-0.3, -0.25) is 0 Å². The molecule has 0 aromatic rings. The second-order valence-electron chi connectivity index (χ2n) is 4.65. The van der Waals surface area contributed by atoms with E-state index in [0.717, 1.165) is 5.92 Å². The lowest BCUT2D eigenvalue weighted by Crippen LogP contribution is -2.36. The van der Waals surface area contributed by atoms with Gasteiger partial charge in [0.1, 0.15) is 0 Å². The molecule has 15 heavy (non-hydrogen) atoms. The van der Waals surface area contributed by atoms with Gasteiger partial charge in [-0.1, -0.05) is 13.8 Å². The van der Waals surface area contributed by atoms with Crippen LogP contribution in [-0.2, 0) is 9.84 Å². The van der Waals surface area contributed by atoms with Crippen LogP contribution in [-0.4, -0.2) is 32.5 Å². The first-order valence-electron chi connectivity index (χ1n) is 5.97. The van der Waals surface area contributed by atoms with E-state index in [9.17, 15) is 8.42 Å². The minimum Gasteiger partial charge on any atom is -0.313 e. The molecule has 0 aromatic carbocycles. The summed E-state index contributed by atoms with van der Waals surface area (Å²) >= 11 is 0. The van der Waals surface area contributed by atoms with Crippen LogP contribution in [0.3, 0.4) is 0 Å². The summed E-state index contributed by atoms with van der Waals surface area (Å²) in [5.74, 6) is 1.40. The average Bonchev–Trinajstić information content (AvgIpc) is 2.21. The highest BCUT2D eigenvalue weighted by Gasteiger charge is 2.18. The van der Waals surface area contributed by atoms with Gasteiger partial charge < -0.3 is 5.32 Å². The van der Waals surface area contributed by atoms with Gasteiger partial charge in [0, 0.05) is 18.3 Å². The van der Waals surface area contributed by atoms with Crippen LogP contribution in [0, 0.1) is 5.92 Å². The molecule has 0 saturated heterocycles. The van der Waals surface area contributed by atoms with Crippen LogP contribution in [0.15, 0.2) is 0 Å². The monoisotopic (exact) mass is 233 g/mol. The van der Waals surface area contributed by atoms with E-state index in [0.29, 0.717) is 12.6 Å². The second-order valence-corrected chi connectivity index (χ2v) is 7.12. The van der Waals surface area contributed by atoms with Crippen LogP contribution in [0.4, 0.5) is 0 Å². The van der Waals surface area contributed by atoms with Crippen molar-refractivity contribution < 1.29 is 8.42 Å². The molecule has 0 aromatic heterocycles. The van der Waals surface area contributed by atoms with E-state index in [-0.39, 0.29) is 11.5 Å². The number of nitrogens with one attached hydrogen (secondary N) is 1. The Labute approximate surface area is 93.6 Å². The van der Waals surface area contributed by atoms with Crippen molar-refractivity contribution in [2.75, 3.05) is 18.1 Å². The van der Waals surface area contributed by atoms with Crippen molar-refractivity contribution in [1.29, 1.82) is 0 Å². The number of sulfone groups is 1. The third-order valence-electron chi connectivity index (χ3n) is 3.30. The van der Waals surface area contributed by atoms with Crippen LogP contribution in [0.5, 0.6) is 0 Å². The van der Waals surface area contributed by atoms with E-state index in [1.54, 1.807) is 6.92 Å². The van der Waals surface area contributed by atoms with Gasteiger partial charge in [-0.15, -0.1) is 0 Å². The van der Waals surface area contributed by atoms with Crippen LogP contribution < -0.4 is 5.32 Å². The van der Waals surface area contributed by atoms with Crippen molar-refractivity contribution in [2.45, 2.75) is 45.6 Å². The molecule has 1 aliphatic rings. The first kappa shape index (κ1) is 13.0. The molecule has 1 rings (SSSR count). The Morgan fingerprint density at radius 1 is 1.20 bits per heavy atom. The second kappa shape index (κ2) is 5.85. The van der Waals surface area contributed by atoms with Gasteiger partial charge in [0.15, 0.2) is 9.84 Å². The zero-order valence-corrected chi connectivity index (χ0v) is 10.6. The fourth-order valence-electron chi connectivity index (χ4n) is 2.03. The van der Waals surface area contributed by atoms with E-state index in [4.69, 9.17) is 0 Å². The normalized spacial score (nSPS) is 27.9.